The normalized spacial score (nSPS) is 10.9. The van der Waals surface area contributed by atoms with Crippen LogP contribution in [0.15, 0.2) is 64.2 Å². The summed E-state index contributed by atoms with van der Waals surface area (Å²) in [5, 5.41) is 6.42. The standard InChI is InChI=1S/C21H23N5O2.HI/c1-14-3-7-17(8-4-14)20-26-18(13-28-20)12-25-21(23-2)24-11-15-5-9-16(10-6-15)19(22)27;/h3-10,13H,11-12H2,1-2H3,(H2,22,27)(H2,23,24,25);1H. The lowest BCUT2D eigenvalue weighted by Crippen LogP contribution is -2.36. The van der Waals surface area contributed by atoms with Crippen LogP contribution in [0.2, 0.25) is 0 Å². The number of oxazole rings is 1. The van der Waals surface area contributed by atoms with E-state index in [1.54, 1.807) is 25.4 Å². The number of nitrogens with two attached hydrogens (primary N) is 1. The summed E-state index contributed by atoms with van der Waals surface area (Å²) in [6, 6.07) is 15.1. The summed E-state index contributed by atoms with van der Waals surface area (Å²) >= 11 is 0. The van der Waals surface area contributed by atoms with E-state index in [4.69, 9.17) is 10.2 Å². The van der Waals surface area contributed by atoms with Gasteiger partial charge in [0.05, 0.1) is 12.2 Å². The summed E-state index contributed by atoms with van der Waals surface area (Å²) in [4.78, 5) is 19.8. The van der Waals surface area contributed by atoms with E-state index in [0.717, 1.165) is 16.8 Å². The number of primary amides is 1. The molecule has 152 valence electrons. The highest BCUT2D eigenvalue weighted by molar-refractivity contribution is 14.0. The van der Waals surface area contributed by atoms with Gasteiger partial charge in [0, 0.05) is 24.7 Å². The number of hydrogen-bond donors (Lipinski definition) is 3. The van der Waals surface area contributed by atoms with E-state index < -0.39 is 5.91 Å². The summed E-state index contributed by atoms with van der Waals surface area (Å²) in [7, 11) is 1.70. The number of carbonyl (C=O) groups is 1. The van der Waals surface area contributed by atoms with E-state index in [9.17, 15) is 4.79 Å². The predicted molar refractivity (Wildman–Crippen MR) is 124 cm³/mol. The topological polar surface area (TPSA) is 106 Å². The highest BCUT2D eigenvalue weighted by Crippen LogP contribution is 2.18. The van der Waals surface area contributed by atoms with Gasteiger partial charge in [-0.05, 0) is 36.8 Å². The molecule has 0 atom stereocenters. The molecule has 29 heavy (non-hydrogen) atoms. The van der Waals surface area contributed by atoms with Crippen molar-refractivity contribution in [2.75, 3.05) is 7.05 Å². The van der Waals surface area contributed by atoms with Crippen LogP contribution < -0.4 is 16.4 Å². The number of rotatable bonds is 6. The molecule has 2 aromatic carbocycles. The molecule has 0 spiro atoms. The maximum absolute atomic E-state index is 11.1. The quantitative estimate of drug-likeness (QED) is 0.271. The zero-order valence-electron chi connectivity index (χ0n) is 16.3. The third-order valence-corrected chi connectivity index (χ3v) is 4.21. The molecule has 4 N–H and O–H groups in total. The van der Waals surface area contributed by atoms with Gasteiger partial charge in [-0.15, -0.1) is 24.0 Å². The van der Waals surface area contributed by atoms with Crippen molar-refractivity contribution in [1.29, 1.82) is 0 Å². The Morgan fingerprint density at radius 2 is 1.72 bits per heavy atom. The summed E-state index contributed by atoms with van der Waals surface area (Å²) in [6.45, 7) is 3.08. The first-order chi connectivity index (χ1) is 13.5. The Morgan fingerprint density at radius 1 is 1.07 bits per heavy atom. The Balaban J connectivity index is 0.00000300. The lowest BCUT2D eigenvalue weighted by molar-refractivity contribution is 0.100. The van der Waals surface area contributed by atoms with Gasteiger partial charge in [0.15, 0.2) is 5.96 Å². The Kier molecular flexibility index (Phi) is 8.20. The summed E-state index contributed by atoms with van der Waals surface area (Å²) in [6.07, 6.45) is 1.64. The zero-order valence-corrected chi connectivity index (χ0v) is 18.6. The molecule has 0 aliphatic heterocycles. The first-order valence-electron chi connectivity index (χ1n) is 8.90. The van der Waals surface area contributed by atoms with Crippen LogP contribution in [0.25, 0.3) is 11.5 Å². The first-order valence-corrected chi connectivity index (χ1v) is 8.90. The predicted octanol–water partition coefficient (Wildman–Crippen LogP) is 3.23. The van der Waals surface area contributed by atoms with Gasteiger partial charge >= 0.3 is 0 Å². The Labute approximate surface area is 186 Å². The van der Waals surface area contributed by atoms with Gasteiger partial charge in [-0.3, -0.25) is 9.79 Å². The Bertz CT molecular complexity index is 965. The molecule has 0 radical (unpaired) electrons. The van der Waals surface area contributed by atoms with Gasteiger partial charge in [0.2, 0.25) is 11.8 Å². The Hall–Kier alpha value is -2.88. The maximum atomic E-state index is 11.1. The number of amides is 1. The van der Waals surface area contributed by atoms with Crippen LogP contribution in [-0.2, 0) is 13.1 Å². The largest absolute Gasteiger partial charge is 0.444 e. The van der Waals surface area contributed by atoms with Crippen molar-refractivity contribution in [2.24, 2.45) is 10.7 Å². The van der Waals surface area contributed by atoms with Gasteiger partial charge in [-0.25, -0.2) is 4.98 Å². The molecule has 1 aromatic heterocycles. The zero-order chi connectivity index (χ0) is 19.9. The van der Waals surface area contributed by atoms with Crippen LogP contribution >= 0.6 is 24.0 Å². The number of hydrogen-bond acceptors (Lipinski definition) is 4. The Morgan fingerprint density at radius 3 is 2.34 bits per heavy atom. The fourth-order valence-electron chi connectivity index (χ4n) is 2.58. The van der Waals surface area contributed by atoms with E-state index in [1.807, 2.05) is 43.3 Å². The number of aromatic nitrogens is 1. The summed E-state index contributed by atoms with van der Waals surface area (Å²) in [5.74, 6) is 0.794. The lowest BCUT2D eigenvalue weighted by Gasteiger charge is -2.11. The number of carbonyl (C=O) groups excluding carboxylic acids is 1. The first kappa shape index (κ1) is 22.4. The molecule has 0 aliphatic carbocycles. The van der Waals surface area contributed by atoms with Gasteiger partial charge in [0.25, 0.3) is 0 Å². The maximum Gasteiger partial charge on any atom is 0.248 e. The van der Waals surface area contributed by atoms with Crippen LogP contribution in [0, 0.1) is 6.92 Å². The van der Waals surface area contributed by atoms with Crippen LogP contribution in [0.1, 0.15) is 27.2 Å². The van der Waals surface area contributed by atoms with E-state index in [2.05, 4.69) is 20.6 Å². The van der Waals surface area contributed by atoms with Crippen LogP contribution in [-0.4, -0.2) is 23.9 Å². The number of nitrogens with one attached hydrogen (secondary N) is 2. The smallest absolute Gasteiger partial charge is 0.248 e. The average Bonchev–Trinajstić information content (AvgIpc) is 3.18. The molecule has 1 amide bonds. The van der Waals surface area contributed by atoms with Gasteiger partial charge in [0.1, 0.15) is 6.26 Å². The molecule has 1 heterocycles. The molecule has 0 fully saturated rings. The van der Waals surface area contributed by atoms with Crippen LogP contribution in [0.3, 0.4) is 0 Å². The number of guanidine groups is 1. The molecule has 0 saturated carbocycles. The minimum atomic E-state index is -0.436. The van der Waals surface area contributed by atoms with Crippen molar-refractivity contribution in [3.63, 3.8) is 0 Å². The number of aryl methyl sites for hydroxylation is 1. The third kappa shape index (κ3) is 6.31. The number of aliphatic imine (C=N–C) groups is 1. The fourth-order valence-corrected chi connectivity index (χ4v) is 2.58. The second-order valence-electron chi connectivity index (χ2n) is 6.35. The van der Waals surface area contributed by atoms with E-state index in [1.165, 1.54) is 5.56 Å². The second kappa shape index (κ2) is 10.6. The monoisotopic (exact) mass is 505 g/mol. The molecule has 0 aliphatic rings. The van der Waals surface area contributed by atoms with Gasteiger partial charge in [-0.1, -0.05) is 29.8 Å². The molecule has 3 aromatic rings. The summed E-state index contributed by atoms with van der Waals surface area (Å²) < 4.78 is 5.57. The highest BCUT2D eigenvalue weighted by Gasteiger charge is 2.07. The average molecular weight is 505 g/mol. The molecule has 0 saturated heterocycles. The van der Waals surface area contributed by atoms with Crippen molar-refractivity contribution < 1.29 is 9.21 Å². The van der Waals surface area contributed by atoms with Gasteiger partial charge < -0.3 is 20.8 Å². The minimum absolute atomic E-state index is 0. The highest BCUT2D eigenvalue weighted by atomic mass is 127. The van der Waals surface area contributed by atoms with E-state index >= 15 is 0 Å². The van der Waals surface area contributed by atoms with Crippen molar-refractivity contribution in [2.45, 2.75) is 20.0 Å². The lowest BCUT2D eigenvalue weighted by atomic mass is 10.1. The number of benzene rings is 2. The molecular weight excluding hydrogens is 481 g/mol. The molecule has 0 unspecified atom stereocenters. The fraction of sp³-hybridized carbons (Fsp3) is 0.190. The molecule has 0 bridgehead atoms. The third-order valence-electron chi connectivity index (χ3n) is 4.21. The number of nitrogens with zero attached hydrogens (tertiary/aromatic N) is 2. The van der Waals surface area contributed by atoms with Crippen molar-refractivity contribution in [3.05, 3.63) is 77.2 Å². The molecule has 7 nitrogen and oxygen atoms in total. The minimum Gasteiger partial charge on any atom is -0.444 e. The van der Waals surface area contributed by atoms with Crippen LogP contribution in [0.4, 0.5) is 0 Å². The van der Waals surface area contributed by atoms with Crippen LogP contribution in [0.5, 0.6) is 0 Å². The molecule has 8 heteroatoms. The van der Waals surface area contributed by atoms with Crippen molar-refractivity contribution in [1.82, 2.24) is 15.6 Å². The summed E-state index contributed by atoms with van der Waals surface area (Å²) in [5.41, 5.74) is 9.66. The SMILES string of the molecule is CN=C(NCc1ccc(C(N)=O)cc1)NCc1coc(-c2ccc(C)cc2)n1.I. The molecular formula is C21H24IN5O2. The second-order valence-corrected chi connectivity index (χ2v) is 6.35. The van der Waals surface area contributed by atoms with Crippen molar-refractivity contribution in [3.8, 4) is 11.5 Å². The molecule has 3 rings (SSSR count). The van der Waals surface area contributed by atoms with Gasteiger partial charge in [-0.2, -0.15) is 0 Å². The van der Waals surface area contributed by atoms with E-state index in [-0.39, 0.29) is 24.0 Å². The van der Waals surface area contributed by atoms with Crippen molar-refractivity contribution >= 4 is 35.8 Å². The number of halogens is 1. The van der Waals surface area contributed by atoms with E-state index in [0.29, 0.717) is 30.5 Å².